The van der Waals surface area contributed by atoms with E-state index in [2.05, 4.69) is 13.8 Å². The van der Waals surface area contributed by atoms with E-state index < -0.39 is 11.5 Å². The molecule has 17 heavy (non-hydrogen) atoms. The van der Waals surface area contributed by atoms with Crippen LogP contribution in [0.25, 0.3) is 0 Å². The summed E-state index contributed by atoms with van der Waals surface area (Å²) < 4.78 is 5.46. The van der Waals surface area contributed by atoms with Crippen LogP contribution in [0.4, 0.5) is 0 Å². The second-order valence-electron chi connectivity index (χ2n) is 5.07. The van der Waals surface area contributed by atoms with Crippen molar-refractivity contribution in [1.29, 1.82) is 0 Å². The summed E-state index contributed by atoms with van der Waals surface area (Å²) >= 11 is 0. The highest BCUT2D eigenvalue weighted by molar-refractivity contribution is 5.78. The van der Waals surface area contributed by atoms with Crippen molar-refractivity contribution < 1.29 is 14.6 Å². The van der Waals surface area contributed by atoms with E-state index >= 15 is 0 Å². The van der Waals surface area contributed by atoms with Crippen LogP contribution in [0.5, 0.6) is 0 Å². The van der Waals surface area contributed by atoms with Gasteiger partial charge in [-0.3, -0.25) is 4.79 Å². The molecular formula is C13H27NO3. The number of aliphatic carboxylic acids is 1. The zero-order chi connectivity index (χ0) is 13.3. The average molecular weight is 245 g/mol. The lowest BCUT2D eigenvalue weighted by atomic mass is 9.92. The van der Waals surface area contributed by atoms with E-state index in [1.165, 1.54) is 6.42 Å². The highest BCUT2D eigenvalue weighted by Crippen LogP contribution is 2.14. The third-order valence-corrected chi connectivity index (χ3v) is 3.04. The number of ether oxygens (including phenoxy) is 1. The molecule has 1 atom stereocenters. The van der Waals surface area contributed by atoms with Gasteiger partial charge >= 0.3 is 5.97 Å². The second-order valence-corrected chi connectivity index (χ2v) is 5.07. The van der Waals surface area contributed by atoms with Crippen LogP contribution >= 0.6 is 0 Å². The van der Waals surface area contributed by atoms with Crippen molar-refractivity contribution in [3.8, 4) is 0 Å². The van der Waals surface area contributed by atoms with Crippen LogP contribution in [0, 0.1) is 5.92 Å². The van der Waals surface area contributed by atoms with E-state index in [4.69, 9.17) is 15.6 Å². The van der Waals surface area contributed by atoms with Crippen molar-refractivity contribution >= 4 is 5.97 Å². The smallest absolute Gasteiger partial charge is 0.323 e. The number of rotatable bonds is 10. The first-order valence-electron chi connectivity index (χ1n) is 6.52. The van der Waals surface area contributed by atoms with Crippen LogP contribution in [0.2, 0.25) is 0 Å². The van der Waals surface area contributed by atoms with E-state index in [0.717, 1.165) is 13.0 Å². The van der Waals surface area contributed by atoms with Gasteiger partial charge in [0.2, 0.25) is 0 Å². The largest absolute Gasteiger partial charge is 0.480 e. The molecule has 4 heteroatoms. The fraction of sp³-hybridized carbons (Fsp3) is 0.923. The van der Waals surface area contributed by atoms with Gasteiger partial charge in [0, 0.05) is 13.2 Å². The minimum absolute atomic E-state index is 0.454. The Labute approximate surface area is 105 Å². The molecule has 0 aliphatic heterocycles. The molecule has 0 saturated heterocycles. The summed E-state index contributed by atoms with van der Waals surface area (Å²) in [4.78, 5) is 10.9. The van der Waals surface area contributed by atoms with Crippen molar-refractivity contribution in [2.75, 3.05) is 13.2 Å². The lowest BCUT2D eigenvalue weighted by Crippen LogP contribution is -2.47. The molecule has 0 amide bonds. The van der Waals surface area contributed by atoms with Crippen molar-refractivity contribution in [2.45, 2.75) is 58.4 Å². The second kappa shape index (κ2) is 8.48. The van der Waals surface area contributed by atoms with Gasteiger partial charge in [0.15, 0.2) is 0 Å². The molecule has 102 valence electrons. The molecule has 4 nitrogen and oxygen atoms in total. The highest BCUT2D eigenvalue weighted by atomic mass is 16.5. The Kier molecular flexibility index (Phi) is 8.17. The predicted molar refractivity (Wildman–Crippen MR) is 69.0 cm³/mol. The first-order chi connectivity index (χ1) is 7.92. The maximum absolute atomic E-state index is 10.9. The number of carbonyl (C=O) groups is 1. The molecule has 0 rings (SSSR count). The van der Waals surface area contributed by atoms with Crippen molar-refractivity contribution in [2.24, 2.45) is 11.7 Å². The van der Waals surface area contributed by atoms with Gasteiger partial charge in [-0.1, -0.05) is 20.8 Å². The fourth-order valence-electron chi connectivity index (χ4n) is 1.62. The molecule has 0 aromatic heterocycles. The van der Waals surface area contributed by atoms with Gasteiger partial charge in [-0.2, -0.15) is 0 Å². The van der Waals surface area contributed by atoms with Crippen LogP contribution in [0.1, 0.15) is 52.9 Å². The third-order valence-electron chi connectivity index (χ3n) is 3.04. The number of carboxylic acid groups (broad SMARTS) is 1. The maximum atomic E-state index is 10.9. The number of hydrogen-bond acceptors (Lipinski definition) is 3. The van der Waals surface area contributed by atoms with Gasteiger partial charge < -0.3 is 15.6 Å². The van der Waals surface area contributed by atoms with Gasteiger partial charge in [-0.15, -0.1) is 0 Å². The lowest BCUT2D eigenvalue weighted by Gasteiger charge is -2.22. The molecule has 0 spiro atoms. The monoisotopic (exact) mass is 245 g/mol. The van der Waals surface area contributed by atoms with E-state index in [0.29, 0.717) is 31.8 Å². The first-order valence-corrected chi connectivity index (χ1v) is 6.52. The Bertz CT molecular complexity index is 219. The van der Waals surface area contributed by atoms with Crippen LogP contribution < -0.4 is 5.73 Å². The Balaban J connectivity index is 3.53. The number of hydrogen-bond donors (Lipinski definition) is 2. The van der Waals surface area contributed by atoms with E-state index in [1.54, 1.807) is 6.92 Å². The van der Waals surface area contributed by atoms with Gasteiger partial charge in [0.1, 0.15) is 5.54 Å². The minimum Gasteiger partial charge on any atom is -0.480 e. The summed E-state index contributed by atoms with van der Waals surface area (Å²) in [7, 11) is 0. The normalized spacial score (nSPS) is 14.9. The standard InChI is InChI=1S/C13H27NO3/c1-4-13(14,12(15)16)8-6-10-17-9-5-7-11(2)3/h11H,4-10,14H2,1-3H3,(H,15,16). The predicted octanol–water partition coefficient (Wildman–Crippen LogP) is 2.41. The molecule has 0 fully saturated rings. The van der Waals surface area contributed by atoms with Gasteiger partial charge in [-0.05, 0) is 38.0 Å². The summed E-state index contributed by atoms with van der Waals surface area (Å²) in [6.45, 7) is 7.55. The zero-order valence-electron chi connectivity index (χ0n) is 11.4. The van der Waals surface area contributed by atoms with Gasteiger partial charge in [0.25, 0.3) is 0 Å². The summed E-state index contributed by atoms with van der Waals surface area (Å²) in [5.74, 6) is -0.206. The molecule has 0 aromatic rings. The third kappa shape index (κ3) is 7.34. The Hall–Kier alpha value is -0.610. The molecule has 0 aliphatic carbocycles. The molecule has 1 unspecified atom stereocenters. The molecule has 0 aliphatic rings. The molecule has 0 bridgehead atoms. The summed E-state index contributed by atoms with van der Waals surface area (Å²) in [6.07, 6.45) is 3.88. The number of nitrogens with two attached hydrogens (primary N) is 1. The van der Waals surface area contributed by atoms with Crippen LogP contribution in [0.15, 0.2) is 0 Å². The highest BCUT2D eigenvalue weighted by Gasteiger charge is 2.30. The Morgan fingerprint density at radius 3 is 2.41 bits per heavy atom. The maximum Gasteiger partial charge on any atom is 0.323 e. The molecule has 0 aromatic carbocycles. The Morgan fingerprint density at radius 1 is 1.35 bits per heavy atom. The van der Waals surface area contributed by atoms with Crippen LogP contribution in [-0.2, 0) is 9.53 Å². The summed E-state index contributed by atoms with van der Waals surface area (Å²) in [6, 6.07) is 0. The fourth-order valence-corrected chi connectivity index (χ4v) is 1.62. The molecule has 0 saturated carbocycles. The number of carboxylic acids is 1. The van der Waals surface area contributed by atoms with Gasteiger partial charge in [-0.25, -0.2) is 0 Å². The first kappa shape index (κ1) is 16.4. The van der Waals surface area contributed by atoms with Crippen molar-refractivity contribution in [3.63, 3.8) is 0 Å². The SMILES string of the molecule is CCC(N)(CCCOCCCC(C)C)C(=O)O. The average Bonchev–Trinajstić information content (AvgIpc) is 2.26. The molecule has 0 radical (unpaired) electrons. The molecular weight excluding hydrogens is 218 g/mol. The summed E-state index contributed by atoms with van der Waals surface area (Å²) in [5, 5.41) is 8.97. The zero-order valence-corrected chi connectivity index (χ0v) is 11.4. The van der Waals surface area contributed by atoms with E-state index in [9.17, 15) is 4.79 Å². The van der Waals surface area contributed by atoms with Crippen molar-refractivity contribution in [1.82, 2.24) is 0 Å². The molecule has 3 N–H and O–H groups in total. The lowest BCUT2D eigenvalue weighted by molar-refractivity contribution is -0.143. The summed E-state index contributed by atoms with van der Waals surface area (Å²) in [5.41, 5.74) is 4.68. The van der Waals surface area contributed by atoms with Crippen LogP contribution in [-0.4, -0.2) is 29.8 Å². The Morgan fingerprint density at radius 2 is 1.94 bits per heavy atom. The van der Waals surface area contributed by atoms with Crippen molar-refractivity contribution in [3.05, 3.63) is 0 Å². The quantitative estimate of drug-likeness (QED) is 0.580. The van der Waals surface area contributed by atoms with E-state index in [-0.39, 0.29) is 0 Å². The van der Waals surface area contributed by atoms with Gasteiger partial charge in [0.05, 0.1) is 0 Å². The topological polar surface area (TPSA) is 72.5 Å². The van der Waals surface area contributed by atoms with E-state index in [1.807, 2.05) is 0 Å². The molecule has 0 heterocycles. The van der Waals surface area contributed by atoms with Crippen LogP contribution in [0.3, 0.4) is 0 Å². The minimum atomic E-state index is -1.08.